The predicted octanol–water partition coefficient (Wildman–Crippen LogP) is 0.354. The fraction of sp³-hybridized carbons (Fsp3) is 0.300. The van der Waals surface area contributed by atoms with Gasteiger partial charge in [0, 0.05) is 6.20 Å². The van der Waals surface area contributed by atoms with E-state index in [0.29, 0.717) is 0 Å². The Balaban J connectivity index is 2.99. The number of halogens is 2. The van der Waals surface area contributed by atoms with Crippen LogP contribution >= 0.6 is 0 Å². The lowest BCUT2D eigenvalue weighted by atomic mass is 10.0. The molecular formula is C10H11F2N3O2. The molecule has 0 aliphatic rings. The van der Waals surface area contributed by atoms with Crippen LogP contribution in [-0.2, 0) is 4.79 Å². The van der Waals surface area contributed by atoms with E-state index in [1.54, 1.807) is 0 Å². The van der Waals surface area contributed by atoms with E-state index in [0.717, 1.165) is 12.3 Å². The summed E-state index contributed by atoms with van der Waals surface area (Å²) in [7, 11) is 0. The highest BCUT2D eigenvalue weighted by atomic mass is 19.2. The van der Waals surface area contributed by atoms with Gasteiger partial charge in [-0.15, -0.1) is 0 Å². The summed E-state index contributed by atoms with van der Waals surface area (Å²) in [4.78, 5) is 25.6. The van der Waals surface area contributed by atoms with Gasteiger partial charge < -0.3 is 11.1 Å². The number of rotatable bonds is 3. The number of amides is 2. The molecule has 17 heavy (non-hydrogen) atoms. The Morgan fingerprint density at radius 1 is 1.41 bits per heavy atom. The highest BCUT2D eigenvalue weighted by Crippen LogP contribution is 2.10. The van der Waals surface area contributed by atoms with E-state index in [2.05, 4.69) is 10.3 Å². The molecule has 1 aromatic heterocycles. The Kier molecular flexibility index (Phi) is 3.40. The van der Waals surface area contributed by atoms with Crippen LogP contribution in [0.1, 0.15) is 24.2 Å². The molecule has 5 nitrogen and oxygen atoms in total. The number of pyridine rings is 1. The van der Waals surface area contributed by atoms with Crippen molar-refractivity contribution in [2.45, 2.75) is 19.4 Å². The summed E-state index contributed by atoms with van der Waals surface area (Å²) in [5.41, 5.74) is 3.14. The molecule has 0 aliphatic heterocycles. The lowest BCUT2D eigenvalue weighted by Gasteiger charge is -2.22. The largest absolute Gasteiger partial charge is 0.368 e. The summed E-state index contributed by atoms with van der Waals surface area (Å²) in [5, 5.41) is 2.19. The topological polar surface area (TPSA) is 85.1 Å². The van der Waals surface area contributed by atoms with Gasteiger partial charge in [-0.25, -0.2) is 9.37 Å². The van der Waals surface area contributed by atoms with Gasteiger partial charge in [-0.1, -0.05) is 0 Å². The SMILES string of the molecule is CC(C)(NC(=O)c1ccnc(F)c1F)C(N)=O. The van der Waals surface area contributed by atoms with Crippen molar-refractivity contribution in [2.24, 2.45) is 5.73 Å². The van der Waals surface area contributed by atoms with E-state index in [1.807, 2.05) is 0 Å². The Morgan fingerprint density at radius 2 is 2.00 bits per heavy atom. The third-order valence-corrected chi connectivity index (χ3v) is 2.13. The van der Waals surface area contributed by atoms with Gasteiger partial charge in [0.15, 0.2) is 5.82 Å². The first-order valence-electron chi connectivity index (χ1n) is 4.68. The first kappa shape index (κ1) is 13.0. The number of primary amides is 1. The molecule has 1 aromatic rings. The highest BCUT2D eigenvalue weighted by Gasteiger charge is 2.28. The zero-order valence-electron chi connectivity index (χ0n) is 9.25. The molecule has 0 fully saturated rings. The van der Waals surface area contributed by atoms with E-state index in [9.17, 15) is 18.4 Å². The number of nitrogens with two attached hydrogens (primary N) is 1. The number of aromatic nitrogens is 1. The smallest absolute Gasteiger partial charge is 0.255 e. The van der Waals surface area contributed by atoms with E-state index in [4.69, 9.17) is 5.73 Å². The van der Waals surface area contributed by atoms with Gasteiger partial charge >= 0.3 is 0 Å². The van der Waals surface area contributed by atoms with Gasteiger partial charge in [-0.05, 0) is 19.9 Å². The van der Waals surface area contributed by atoms with E-state index in [1.165, 1.54) is 13.8 Å². The summed E-state index contributed by atoms with van der Waals surface area (Å²) in [5.74, 6) is -4.48. The summed E-state index contributed by atoms with van der Waals surface area (Å²) < 4.78 is 26.0. The molecule has 1 heterocycles. The van der Waals surface area contributed by atoms with Crippen LogP contribution in [0.5, 0.6) is 0 Å². The van der Waals surface area contributed by atoms with Gasteiger partial charge in [0.2, 0.25) is 11.9 Å². The van der Waals surface area contributed by atoms with E-state index >= 15 is 0 Å². The number of hydrogen-bond donors (Lipinski definition) is 2. The average Bonchev–Trinajstić information content (AvgIpc) is 2.21. The number of carbonyl (C=O) groups is 2. The summed E-state index contributed by atoms with van der Waals surface area (Å²) in [6.07, 6.45) is 0.949. The maximum Gasteiger partial charge on any atom is 0.255 e. The van der Waals surface area contributed by atoms with Crippen LogP contribution in [0.4, 0.5) is 8.78 Å². The van der Waals surface area contributed by atoms with Crippen molar-refractivity contribution in [1.29, 1.82) is 0 Å². The van der Waals surface area contributed by atoms with Crippen LogP contribution in [0.3, 0.4) is 0 Å². The molecule has 7 heteroatoms. The normalized spacial score (nSPS) is 11.1. The summed E-state index contributed by atoms with van der Waals surface area (Å²) in [6, 6.07) is 1.00. The maximum atomic E-state index is 13.2. The molecular weight excluding hydrogens is 232 g/mol. The van der Waals surface area contributed by atoms with Crippen molar-refractivity contribution in [3.8, 4) is 0 Å². The minimum absolute atomic E-state index is 0.535. The van der Waals surface area contributed by atoms with E-state index < -0.39 is 34.7 Å². The second-order valence-electron chi connectivity index (χ2n) is 3.91. The maximum absolute atomic E-state index is 13.2. The van der Waals surface area contributed by atoms with Gasteiger partial charge in [0.1, 0.15) is 5.54 Å². The third kappa shape index (κ3) is 2.74. The fourth-order valence-corrected chi connectivity index (χ4v) is 1.01. The summed E-state index contributed by atoms with van der Waals surface area (Å²) >= 11 is 0. The first-order chi connectivity index (χ1) is 7.75. The fourth-order valence-electron chi connectivity index (χ4n) is 1.01. The first-order valence-corrected chi connectivity index (χ1v) is 4.68. The van der Waals surface area contributed by atoms with Crippen molar-refractivity contribution in [1.82, 2.24) is 10.3 Å². The van der Waals surface area contributed by atoms with Crippen LogP contribution in [0.25, 0.3) is 0 Å². The van der Waals surface area contributed by atoms with E-state index in [-0.39, 0.29) is 0 Å². The molecule has 2 amide bonds. The van der Waals surface area contributed by atoms with Gasteiger partial charge in [-0.2, -0.15) is 4.39 Å². The Bertz CT molecular complexity index is 475. The minimum atomic E-state index is -1.38. The van der Waals surface area contributed by atoms with Crippen molar-refractivity contribution in [2.75, 3.05) is 0 Å². The molecule has 92 valence electrons. The van der Waals surface area contributed by atoms with Crippen molar-refractivity contribution in [3.05, 3.63) is 29.6 Å². The Morgan fingerprint density at radius 3 is 2.53 bits per heavy atom. The van der Waals surface area contributed by atoms with Crippen LogP contribution < -0.4 is 11.1 Å². The Labute approximate surface area is 96.0 Å². The summed E-state index contributed by atoms with van der Waals surface area (Å²) in [6.45, 7) is 2.70. The second kappa shape index (κ2) is 4.44. The zero-order chi connectivity index (χ0) is 13.2. The third-order valence-electron chi connectivity index (χ3n) is 2.13. The lowest BCUT2D eigenvalue weighted by Crippen LogP contribution is -2.53. The van der Waals surface area contributed by atoms with Crippen molar-refractivity contribution in [3.63, 3.8) is 0 Å². The quantitative estimate of drug-likeness (QED) is 0.751. The molecule has 0 atom stereocenters. The molecule has 0 aliphatic carbocycles. The highest BCUT2D eigenvalue weighted by molar-refractivity contribution is 5.98. The predicted molar refractivity (Wildman–Crippen MR) is 54.9 cm³/mol. The number of nitrogens with one attached hydrogen (secondary N) is 1. The van der Waals surface area contributed by atoms with Gasteiger partial charge in [-0.3, -0.25) is 9.59 Å². The number of hydrogen-bond acceptors (Lipinski definition) is 3. The molecule has 3 N–H and O–H groups in total. The van der Waals surface area contributed by atoms with Crippen LogP contribution in [0, 0.1) is 11.8 Å². The van der Waals surface area contributed by atoms with Crippen molar-refractivity contribution >= 4 is 11.8 Å². The molecule has 0 spiro atoms. The van der Waals surface area contributed by atoms with Crippen LogP contribution in [-0.4, -0.2) is 22.3 Å². The van der Waals surface area contributed by atoms with Crippen molar-refractivity contribution < 1.29 is 18.4 Å². The zero-order valence-corrected chi connectivity index (χ0v) is 9.25. The molecule has 1 rings (SSSR count). The van der Waals surface area contributed by atoms with Gasteiger partial charge in [0.05, 0.1) is 5.56 Å². The van der Waals surface area contributed by atoms with Crippen LogP contribution in [0.15, 0.2) is 12.3 Å². The Hall–Kier alpha value is -2.05. The molecule has 0 bridgehead atoms. The molecule has 0 aromatic carbocycles. The number of nitrogens with zero attached hydrogens (tertiary/aromatic N) is 1. The minimum Gasteiger partial charge on any atom is -0.368 e. The molecule has 0 saturated carbocycles. The van der Waals surface area contributed by atoms with Gasteiger partial charge in [0.25, 0.3) is 5.91 Å². The monoisotopic (exact) mass is 243 g/mol. The average molecular weight is 243 g/mol. The lowest BCUT2D eigenvalue weighted by molar-refractivity contribution is -0.122. The second-order valence-corrected chi connectivity index (χ2v) is 3.91. The standard InChI is InChI=1S/C10H11F2N3O2/c1-10(2,9(13)17)15-8(16)5-3-4-14-7(12)6(5)11/h3-4H,1-2H3,(H2,13,17)(H,15,16). The molecule has 0 unspecified atom stereocenters. The molecule has 0 saturated heterocycles. The molecule has 0 radical (unpaired) electrons. The number of carbonyl (C=O) groups excluding carboxylic acids is 2. The van der Waals surface area contributed by atoms with Crippen LogP contribution in [0.2, 0.25) is 0 Å².